The third kappa shape index (κ3) is 3.59. The Kier molecular flexibility index (Phi) is 5.87. The molecule has 3 N–H and O–H groups in total. The Labute approximate surface area is 123 Å². The standard InChI is InChI=1S/C15H20O6/c1-3-21-14(20)15(13(18)19,8-12(17)9-16)11-6-4-5-10(2)7-11/h4-7,12,16-17H,3,8-9H2,1-2H3,(H,18,19). The molecule has 6 heteroatoms. The normalized spacial score (nSPS) is 15.0. The van der Waals surface area contributed by atoms with E-state index in [1.807, 2.05) is 0 Å². The fourth-order valence-electron chi connectivity index (χ4n) is 2.20. The first-order valence-electron chi connectivity index (χ1n) is 6.65. The van der Waals surface area contributed by atoms with E-state index < -0.39 is 36.5 Å². The summed E-state index contributed by atoms with van der Waals surface area (Å²) < 4.78 is 4.90. The van der Waals surface area contributed by atoms with Crippen LogP contribution < -0.4 is 0 Å². The molecular weight excluding hydrogens is 276 g/mol. The Morgan fingerprint density at radius 3 is 2.52 bits per heavy atom. The number of rotatable bonds is 7. The molecule has 0 spiro atoms. The Morgan fingerprint density at radius 1 is 1.38 bits per heavy atom. The molecule has 0 aliphatic heterocycles. The smallest absolute Gasteiger partial charge is 0.328 e. The molecule has 0 fully saturated rings. The zero-order valence-electron chi connectivity index (χ0n) is 12.1. The summed E-state index contributed by atoms with van der Waals surface area (Å²) in [6.07, 6.45) is -1.80. The topological polar surface area (TPSA) is 104 Å². The van der Waals surface area contributed by atoms with Crippen molar-refractivity contribution in [2.75, 3.05) is 13.2 Å². The highest BCUT2D eigenvalue weighted by Crippen LogP contribution is 2.32. The number of aliphatic hydroxyl groups excluding tert-OH is 2. The predicted octanol–water partition coefficient (Wildman–Crippen LogP) is 0.624. The summed E-state index contributed by atoms with van der Waals surface area (Å²) in [5.41, 5.74) is -1.04. The van der Waals surface area contributed by atoms with Gasteiger partial charge in [0.15, 0.2) is 5.41 Å². The highest BCUT2D eigenvalue weighted by molar-refractivity contribution is 6.05. The predicted molar refractivity (Wildman–Crippen MR) is 74.8 cm³/mol. The summed E-state index contributed by atoms with van der Waals surface area (Å²) >= 11 is 0. The molecule has 0 heterocycles. The molecule has 0 aromatic heterocycles. The van der Waals surface area contributed by atoms with Gasteiger partial charge in [0.1, 0.15) is 0 Å². The van der Waals surface area contributed by atoms with E-state index in [1.54, 1.807) is 32.0 Å². The van der Waals surface area contributed by atoms with Crippen LogP contribution in [-0.2, 0) is 19.7 Å². The number of carboxylic acids is 1. The molecule has 1 rings (SSSR count). The van der Waals surface area contributed by atoms with E-state index in [2.05, 4.69) is 0 Å². The number of aryl methyl sites for hydroxylation is 1. The summed E-state index contributed by atoms with van der Waals surface area (Å²) in [6, 6.07) is 6.47. The van der Waals surface area contributed by atoms with Crippen molar-refractivity contribution < 1.29 is 29.6 Å². The van der Waals surface area contributed by atoms with Crippen LogP contribution in [0.2, 0.25) is 0 Å². The highest BCUT2D eigenvalue weighted by atomic mass is 16.5. The molecule has 0 aliphatic rings. The van der Waals surface area contributed by atoms with E-state index >= 15 is 0 Å². The van der Waals surface area contributed by atoms with Crippen molar-refractivity contribution in [1.29, 1.82) is 0 Å². The van der Waals surface area contributed by atoms with Crippen LogP contribution in [0.25, 0.3) is 0 Å². The molecule has 0 aliphatic carbocycles. The number of carboxylic acid groups (broad SMARTS) is 1. The van der Waals surface area contributed by atoms with Gasteiger partial charge in [0.2, 0.25) is 0 Å². The Hall–Kier alpha value is -1.92. The summed E-state index contributed by atoms with van der Waals surface area (Å²) in [5.74, 6) is -2.37. The van der Waals surface area contributed by atoms with Crippen molar-refractivity contribution in [3.63, 3.8) is 0 Å². The lowest BCUT2D eigenvalue weighted by Crippen LogP contribution is -2.48. The van der Waals surface area contributed by atoms with Gasteiger partial charge in [-0.25, -0.2) is 0 Å². The second kappa shape index (κ2) is 7.19. The van der Waals surface area contributed by atoms with Gasteiger partial charge in [-0.05, 0) is 19.4 Å². The Morgan fingerprint density at radius 2 is 2.05 bits per heavy atom. The molecule has 116 valence electrons. The average molecular weight is 296 g/mol. The summed E-state index contributed by atoms with van der Waals surface area (Å²) in [5, 5.41) is 28.3. The molecule has 2 atom stereocenters. The van der Waals surface area contributed by atoms with Crippen LogP contribution in [0.1, 0.15) is 24.5 Å². The van der Waals surface area contributed by atoms with E-state index in [4.69, 9.17) is 9.84 Å². The summed E-state index contributed by atoms with van der Waals surface area (Å²) in [6.45, 7) is 2.72. The number of ether oxygens (including phenoxy) is 1. The number of esters is 1. The molecule has 6 nitrogen and oxygen atoms in total. The molecule has 0 saturated heterocycles. The van der Waals surface area contributed by atoms with Gasteiger partial charge < -0.3 is 20.1 Å². The molecule has 0 bridgehead atoms. The van der Waals surface area contributed by atoms with Gasteiger partial charge >= 0.3 is 11.9 Å². The summed E-state index contributed by atoms with van der Waals surface area (Å²) in [7, 11) is 0. The molecule has 0 saturated carbocycles. The van der Waals surface area contributed by atoms with Crippen LogP contribution in [0, 0.1) is 6.92 Å². The van der Waals surface area contributed by atoms with E-state index in [0.717, 1.165) is 5.56 Å². The molecular formula is C15H20O6. The second-order valence-electron chi connectivity index (χ2n) is 4.84. The molecule has 0 amide bonds. The van der Waals surface area contributed by atoms with Gasteiger partial charge in [-0.1, -0.05) is 29.8 Å². The lowest BCUT2D eigenvalue weighted by molar-refractivity contribution is -0.163. The first kappa shape index (κ1) is 17.1. The van der Waals surface area contributed by atoms with Crippen molar-refractivity contribution in [2.45, 2.75) is 31.8 Å². The van der Waals surface area contributed by atoms with E-state index in [9.17, 15) is 19.8 Å². The van der Waals surface area contributed by atoms with Gasteiger partial charge in [0.05, 0.1) is 19.3 Å². The fourth-order valence-corrected chi connectivity index (χ4v) is 2.20. The Bertz CT molecular complexity index is 513. The molecule has 1 aromatic carbocycles. The van der Waals surface area contributed by atoms with Crippen molar-refractivity contribution >= 4 is 11.9 Å². The second-order valence-corrected chi connectivity index (χ2v) is 4.84. The fraction of sp³-hybridized carbons (Fsp3) is 0.467. The number of aliphatic carboxylic acids is 1. The van der Waals surface area contributed by atoms with Crippen LogP contribution in [0.3, 0.4) is 0 Å². The van der Waals surface area contributed by atoms with Gasteiger partial charge in [-0.2, -0.15) is 0 Å². The first-order valence-corrected chi connectivity index (χ1v) is 6.65. The van der Waals surface area contributed by atoms with Crippen LogP contribution in [0.5, 0.6) is 0 Å². The average Bonchev–Trinajstić information content (AvgIpc) is 2.44. The van der Waals surface area contributed by atoms with Gasteiger partial charge in [0.25, 0.3) is 0 Å². The minimum Gasteiger partial charge on any atom is -0.480 e. The van der Waals surface area contributed by atoms with E-state index in [-0.39, 0.29) is 12.2 Å². The van der Waals surface area contributed by atoms with Crippen LogP contribution in [-0.4, -0.2) is 46.6 Å². The number of benzene rings is 1. The van der Waals surface area contributed by atoms with Crippen molar-refractivity contribution in [3.05, 3.63) is 35.4 Å². The molecule has 2 unspecified atom stereocenters. The van der Waals surface area contributed by atoms with Crippen LogP contribution >= 0.6 is 0 Å². The van der Waals surface area contributed by atoms with Crippen LogP contribution in [0.4, 0.5) is 0 Å². The molecule has 0 radical (unpaired) electrons. The SMILES string of the molecule is CCOC(=O)C(CC(O)CO)(C(=O)O)c1cccc(C)c1. The zero-order chi connectivity index (χ0) is 16.0. The number of hydrogen-bond acceptors (Lipinski definition) is 5. The lowest BCUT2D eigenvalue weighted by atomic mass is 9.75. The maximum atomic E-state index is 12.3. The van der Waals surface area contributed by atoms with Gasteiger partial charge in [0, 0.05) is 6.42 Å². The molecule has 21 heavy (non-hydrogen) atoms. The summed E-state index contributed by atoms with van der Waals surface area (Å²) in [4.78, 5) is 24.1. The molecule has 1 aromatic rings. The third-order valence-corrected chi connectivity index (χ3v) is 3.25. The minimum absolute atomic E-state index is 0.0227. The maximum Gasteiger partial charge on any atom is 0.328 e. The van der Waals surface area contributed by atoms with E-state index in [0.29, 0.717) is 0 Å². The number of aliphatic hydroxyl groups is 2. The van der Waals surface area contributed by atoms with Crippen molar-refractivity contribution in [2.24, 2.45) is 0 Å². The minimum atomic E-state index is -2.04. The quantitative estimate of drug-likeness (QED) is 0.503. The van der Waals surface area contributed by atoms with E-state index in [1.165, 1.54) is 6.07 Å². The maximum absolute atomic E-state index is 12.3. The zero-order valence-corrected chi connectivity index (χ0v) is 12.1. The van der Waals surface area contributed by atoms with Gasteiger partial charge in [-0.15, -0.1) is 0 Å². The Balaban J connectivity index is 3.43. The monoisotopic (exact) mass is 296 g/mol. The highest BCUT2D eigenvalue weighted by Gasteiger charge is 2.50. The number of carbonyl (C=O) groups is 2. The largest absolute Gasteiger partial charge is 0.480 e. The lowest BCUT2D eigenvalue weighted by Gasteiger charge is -2.29. The third-order valence-electron chi connectivity index (χ3n) is 3.25. The number of carbonyl (C=O) groups excluding carboxylic acids is 1. The number of hydrogen-bond donors (Lipinski definition) is 3. The van der Waals surface area contributed by atoms with Crippen molar-refractivity contribution in [3.8, 4) is 0 Å². The first-order chi connectivity index (χ1) is 9.88. The van der Waals surface area contributed by atoms with Crippen molar-refractivity contribution in [1.82, 2.24) is 0 Å². The van der Waals surface area contributed by atoms with Gasteiger partial charge in [-0.3, -0.25) is 9.59 Å². The van der Waals surface area contributed by atoms with Crippen LogP contribution in [0.15, 0.2) is 24.3 Å².